The lowest BCUT2D eigenvalue weighted by atomic mass is 10.1. The van der Waals surface area contributed by atoms with Crippen LogP contribution in [0.4, 0.5) is 18.9 Å². The minimum absolute atomic E-state index is 0.198. The van der Waals surface area contributed by atoms with Gasteiger partial charge in [-0.2, -0.15) is 0 Å². The first-order chi connectivity index (χ1) is 11.9. The molecule has 25 heavy (non-hydrogen) atoms. The molecule has 0 aromatic heterocycles. The van der Waals surface area contributed by atoms with Crippen molar-refractivity contribution in [3.8, 4) is 11.5 Å². The van der Waals surface area contributed by atoms with Gasteiger partial charge in [-0.1, -0.05) is 12.1 Å². The quantitative estimate of drug-likeness (QED) is 0.883. The molecule has 0 spiro atoms. The van der Waals surface area contributed by atoms with Gasteiger partial charge in [-0.05, 0) is 54.7 Å². The van der Waals surface area contributed by atoms with Crippen molar-refractivity contribution in [2.75, 3.05) is 11.9 Å². The number of hydrogen-bond donors (Lipinski definition) is 1. The summed E-state index contributed by atoms with van der Waals surface area (Å²) in [5.74, 6) is -0.264. The van der Waals surface area contributed by atoms with E-state index in [4.69, 9.17) is 4.74 Å². The van der Waals surface area contributed by atoms with E-state index in [-0.39, 0.29) is 12.3 Å². The predicted octanol–water partition coefficient (Wildman–Crippen LogP) is 4.09. The molecule has 0 radical (unpaired) electrons. The summed E-state index contributed by atoms with van der Waals surface area (Å²) in [4.78, 5) is 11.9. The van der Waals surface area contributed by atoms with E-state index in [9.17, 15) is 18.0 Å². The molecule has 0 aliphatic heterocycles. The summed E-state index contributed by atoms with van der Waals surface area (Å²) in [6, 6.07) is 10.8. The van der Waals surface area contributed by atoms with E-state index in [1.165, 1.54) is 23.3 Å². The van der Waals surface area contributed by atoms with Gasteiger partial charge in [-0.15, -0.1) is 13.2 Å². The van der Waals surface area contributed by atoms with Gasteiger partial charge in [0.1, 0.15) is 11.5 Å². The number of nitrogens with one attached hydrogen (secondary N) is 1. The minimum atomic E-state index is -4.78. The fraction of sp³-hybridized carbons (Fsp3) is 0.278. The van der Waals surface area contributed by atoms with E-state index in [0.29, 0.717) is 5.75 Å². The summed E-state index contributed by atoms with van der Waals surface area (Å²) >= 11 is 0. The van der Waals surface area contributed by atoms with Gasteiger partial charge >= 0.3 is 6.36 Å². The molecule has 0 bridgehead atoms. The normalized spacial score (nSPS) is 13.2. The summed E-state index contributed by atoms with van der Waals surface area (Å²) in [5, 5.41) is 2.48. The van der Waals surface area contributed by atoms with E-state index in [1.807, 2.05) is 18.2 Å². The molecule has 0 saturated heterocycles. The molecular weight excluding hydrogens is 335 g/mol. The molecule has 1 aliphatic carbocycles. The maximum atomic E-state index is 12.2. The molecule has 0 unspecified atom stereocenters. The number of alkyl halides is 3. The van der Waals surface area contributed by atoms with E-state index in [2.05, 4.69) is 10.1 Å². The van der Waals surface area contributed by atoms with E-state index in [1.54, 1.807) is 0 Å². The Kier molecular flexibility index (Phi) is 4.83. The van der Waals surface area contributed by atoms with Crippen molar-refractivity contribution in [2.24, 2.45) is 0 Å². The molecule has 1 aliphatic rings. The van der Waals surface area contributed by atoms with Crippen molar-refractivity contribution in [3.63, 3.8) is 0 Å². The first kappa shape index (κ1) is 17.1. The Morgan fingerprint density at radius 2 is 1.84 bits per heavy atom. The van der Waals surface area contributed by atoms with Crippen LogP contribution in [0.15, 0.2) is 42.5 Å². The van der Waals surface area contributed by atoms with Crippen molar-refractivity contribution in [1.29, 1.82) is 0 Å². The van der Waals surface area contributed by atoms with Crippen LogP contribution in [0.2, 0.25) is 0 Å². The monoisotopic (exact) mass is 351 g/mol. The molecule has 2 aromatic carbocycles. The SMILES string of the molecule is O=C(COc1ccc2c(c1)CCC2)Nc1cccc(OC(F)(F)F)c1. The molecule has 3 rings (SSSR count). The van der Waals surface area contributed by atoms with Crippen LogP contribution in [0.5, 0.6) is 11.5 Å². The summed E-state index contributed by atoms with van der Waals surface area (Å²) in [5.41, 5.74) is 2.73. The maximum Gasteiger partial charge on any atom is 0.573 e. The Balaban J connectivity index is 1.55. The van der Waals surface area contributed by atoms with Crippen molar-refractivity contribution in [2.45, 2.75) is 25.6 Å². The highest BCUT2D eigenvalue weighted by Crippen LogP contribution is 2.26. The predicted molar refractivity (Wildman–Crippen MR) is 85.7 cm³/mol. The number of anilines is 1. The summed E-state index contributed by atoms with van der Waals surface area (Å²) in [6.07, 6.45) is -1.59. The summed E-state index contributed by atoms with van der Waals surface area (Å²) in [7, 11) is 0. The van der Waals surface area contributed by atoms with Gasteiger partial charge in [0.2, 0.25) is 0 Å². The van der Waals surface area contributed by atoms with Gasteiger partial charge in [-0.25, -0.2) is 0 Å². The lowest BCUT2D eigenvalue weighted by Gasteiger charge is -2.11. The molecule has 132 valence electrons. The average Bonchev–Trinajstić information content (AvgIpc) is 2.99. The first-order valence-electron chi connectivity index (χ1n) is 7.79. The van der Waals surface area contributed by atoms with Crippen LogP contribution in [0, 0.1) is 0 Å². The molecular formula is C18H16F3NO3. The zero-order valence-electron chi connectivity index (χ0n) is 13.2. The molecule has 2 aromatic rings. The number of ether oxygens (including phenoxy) is 2. The Morgan fingerprint density at radius 1 is 1.04 bits per heavy atom. The van der Waals surface area contributed by atoms with Crippen LogP contribution < -0.4 is 14.8 Å². The van der Waals surface area contributed by atoms with Crippen molar-refractivity contribution in [3.05, 3.63) is 53.6 Å². The molecule has 4 nitrogen and oxygen atoms in total. The van der Waals surface area contributed by atoms with E-state index >= 15 is 0 Å². The van der Waals surface area contributed by atoms with Crippen LogP contribution >= 0.6 is 0 Å². The molecule has 0 atom stereocenters. The van der Waals surface area contributed by atoms with Crippen LogP contribution in [0.1, 0.15) is 17.5 Å². The first-order valence-corrected chi connectivity index (χ1v) is 7.79. The van der Waals surface area contributed by atoms with E-state index < -0.39 is 18.0 Å². The van der Waals surface area contributed by atoms with E-state index in [0.717, 1.165) is 31.4 Å². The number of benzene rings is 2. The van der Waals surface area contributed by atoms with Gasteiger partial charge in [0.15, 0.2) is 6.61 Å². The van der Waals surface area contributed by atoms with Gasteiger partial charge in [0, 0.05) is 11.8 Å². The second-order valence-electron chi connectivity index (χ2n) is 5.70. The van der Waals surface area contributed by atoms with Crippen LogP contribution in [0.25, 0.3) is 0 Å². The highest BCUT2D eigenvalue weighted by atomic mass is 19.4. The topological polar surface area (TPSA) is 47.6 Å². The fourth-order valence-corrected chi connectivity index (χ4v) is 2.75. The fourth-order valence-electron chi connectivity index (χ4n) is 2.75. The highest BCUT2D eigenvalue weighted by Gasteiger charge is 2.31. The molecule has 7 heteroatoms. The third kappa shape index (κ3) is 4.89. The lowest BCUT2D eigenvalue weighted by molar-refractivity contribution is -0.274. The number of halogens is 3. The molecule has 0 heterocycles. The van der Waals surface area contributed by atoms with Crippen molar-refractivity contribution < 1.29 is 27.4 Å². The highest BCUT2D eigenvalue weighted by molar-refractivity contribution is 5.92. The number of aryl methyl sites for hydroxylation is 2. The van der Waals surface area contributed by atoms with Gasteiger partial charge in [-0.3, -0.25) is 4.79 Å². The van der Waals surface area contributed by atoms with Crippen molar-refractivity contribution >= 4 is 11.6 Å². The summed E-state index contributed by atoms with van der Waals surface area (Å²) in [6.45, 7) is -0.233. The Morgan fingerprint density at radius 3 is 2.64 bits per heavy atom. The molecule has 0 saturated carbocycles. The smallest absolute Gasteiger partial charge is 0.484 e. The van der Waals surface area contributed by atoms with Gasteiger partial charge in [0.25, 0.3) is 5.91 Å². The average molecular weight is 351 g/mol. The van der Waals surface area contributed by atoms with Crippen molar-refractivity contribution in [1.82, 2.24) is 0 Å². The maximum absolute atomic E-state index is 12.2. The zero-order chi connectivity index (χ0) is 17.9. The van der Waals surface area contributed by atoms with Gasteiger partial charge in [0.05, 0.1) is 0 Å². The van der Waals surface area contributed by atoms with Crippen LogP contribution in [-0.4, -0.2) is 18.9 Å². The molecule has 0 fully saturated rings. The standard InChI is InChI=1S/C18H16F3NO3/c19-18(20,21)25-16-6-2-5-14(10-16)22-17(23)11-24-15-8-7-12-3-1-4-13(12)9-15/h2,5-10H,1,3-4,11H2,(H,22,23). The molecule has 1 N–H and O–H groups in total. The molecule has 1 amide bonds. The number of amides is 1. The van der Waals surface area contributed by atoms with Gasteiger partial charge < -0.3 is 14.8 Å². The third-order valence-corrected chi connectivity index (χ3v) is 3.79. The van der Waals surface area contributed by atoms with Crippen LogP contribution in [-0.2, 0) is 17.6 Å². The Labute approximate surface area is 142 Å². The number of rotatable bonds is 5. The number of carbonyl (C=O) groups is 1. The largest absolute Gasteiger partial charge is 0.573 e. The number of carbonyl (C=O) groups excluding carboxylic acids is 1. The second-order valence-corrected chi connectivity index (χ2v) is 5.70. The number of hydrogen-bond acceptors (Lipinski definition) is 3. The minimum Gasteiger partial charge on any atom is -0.484 e. The Hall–Kier alpha value is -2.70. The third-order valence-electron chi connectivity index (χ3n) is 3.79. The number of fused-ring (bicyclic) bond motifs is 1. The lowest BCUT2D eigenvalue weighted by Crippen LogP contribution is -2.20. The zero-order valence-corrected chi connectivity index (χ0v) is 13.2. The summed E-state index contributed by atoms with van der Waals surface area (Å²) < 4.78 is 45.9. The van der Waals surface area contributed by atoms with Crippen LogP contribution in [0.3, 0.4) is 0 Å². The second kappa shape index (κ2) is 7.04. The Bertz CT molecular complexity index is 774.